The fourth-order valence-corrected chi connectivity index (χ4v) is 6.81. The molecular weight excluding hydrogens is 430 g/mol. The van der Waals surface area contributed by atoms with Crippen molar-refractivity contribution in [1.29, 1.82) is 0 Å². The summed E-state index contributed by atoms with van der Waals surface area (Å²) in [5, 5.41) is 8.01. The van der Waals surface area contributed by atoms with Gasteiger partial charge >= 0.3 is 0 Å². The monoisotopic (exact) mass is 455 g/mol. The van der Waals surface area contributed by atoms with Crippen LogP contribution in [-0.4, -0.2) is 4.98 Å². The Labute approximate surface area is 202 Å². The highest BCUT2D eigenvalue weighted by molar-refractivity contribution is 7.27. The molecule has 0 amide bonds. The SMILES string of the molecule is CC(C)(C)c1ccc2[nH]c3c(c2c1)c1ccccc1c1sc2c(-c4ccccc4)cccc2c31. The number of thiophene rings is 1. The lowest BCUT2D eigenvalue weighted by atomic mass is 9.86. The van der Waals surface area contributed by atoms with Gasteiger partial charge in [0.05, 0.1) is 5.52 Å². The van der Waals surface area contributed by atoms with Crippen LogP contribution >= 0.6 is 11.3 Å². The Hall–Kier alpha value is -3.62. The minimum atomic E-state index is 0.108. The van der Waals surface area contributed by atoms with E-state index in [4.69, 9.17) is 0 Å². The second-order valence-corrected chi connectivity index (χ2v) is 11.3. The second kappa shape index (κ2) is 6.94. The minimum absolute atomic E-state index is 0.108. The number of H-pyrrole nitrogens is 1. The Morgan fingerprint density at radius 2 is 1.35 bits per heavy atom. The van der Waals surface area contributed by atoms with Crippen LogP contribution in [0, 0.1) is 0 Å². The number of rotatable bonds is 1. The molecule has 5 aromatic carbocycles. The first-order chi connectivity index (χ1) is 16.5. The van der Waals surface area contributed by atoms with E-state index in [0.29, 0.717) is 0 Å². The Bertz CT molecular complexity index is 1880. The number of aromatic amines is 1. The summed E-state index contributed by atoms with van der Waals surface area (Å²) in [6.07, 6.45) is 0. The van der Waals surface area contributed by atoms with Crippen LogP contribution in [-0.2, 0) is 5.41 Å². The Balaban J connectivity index is 1.71. The molecule has 0 aliphatic rings. The quantitative estimate of drug-likeness (QED) is 0.253. The molecule has 0 aliphatic carbocycles. The van der Waals surface area contributed by atoms with Gasteiger partial charge in [-0.15, -0.1) is 11.3 Å². The third-order valence-corrected chi connectivity index (χ3v) is 8.43. The number of hydrogen-bond acceptors (Lipinski definition) is 1. The predicted molar refractivity (Wildman–Crippen MR) is 150 cm³/mol. The predicted octanol–water partition coefficient (Wildman–Crippen LogP) is 9.81. The molecule has 2 aromatic heterocycles. The van der Waals surface area contributed by atoms with Crippen LogP contribution in [0.2, 0.25) is 0 Å². The largest absolute Gasteiger partial charge is 0.354 e. The average Bonchev–Trinajstić information content (AvgIpc) is 3.42. The van der Waals surface area contributed by atoms with Crippen molar-refractivity contribution in [3.05, 3.63) is 96.6 Å². The molecule has 0 aliphatic heterocycles. The van der Waals surface area contributed by atoms with Gasteiger partial charge in [-0.05, 0) is 39.6 Å². The molecular formula is C32H25NS. The van der Waals surface area contributed by atoms with Gasteiger partial charge in [-0.25, -0.2) is 0 Å². The number of benzene rings is 5. The fraction of sp³-hybridized carbons (Fsp3) is 0.125. The van der Waals surface area contributed by atoms with E-state index in [1.54, 1.807) is 0 Å². The van der Waals surface area contributed by atoms with E-state index in [1.807, 2.05) is 11.3 Å². The van der Waals surface area contributed by atoms with Gasteiger partial charge in [0.1, 0.15) is 0 Å². The van der Waals surface area contributed by atoms with Gasteiger partial charge in [-0.2, -0.15) is 0 Å². The molecule has 0 saturated carbocycles. The van der Waals surface area contributed by atoms with Crippen molar-refractivity contribution < 1.29 is 0 Å². The molecule has 2 heterocycles. The molecule has 1 nitrogen and oxygen atoms in total. The van der Waals surface area contributed by atoms with Gasteiger partial charge < -0.3 is 4.98 Å². The summed E-state index contributed by atoms with van der Waals surface area (Å²) in [4.78, 5) is 3.84. The first kappa shape index (κ1) is 19.8. The fourth-order valence-electron chi connectivity index (χ4n) is 5.43. The second-order valence-electron chi connectivity index (χ2n) is 10.3. The molecule has 0 spiro atoms. The summed E-state index contributed by atoms with van der Waals surface area (Å²) in [5.41, 5.74) is 6.52. The third-order valence-electron chi connectivity index (χ3n) is 7.16. The van der Waals surface area contributed by atoms with Crippen molar-refractivity contribution in [2.75, 3.05) is 0 Å². The highest BCUT2D eigenvalue weighted by Crippen LogP contribution is 2.48. The van der Waals surface area contributed by atoms with Crippen LogP contribution < -0.4 is 0 Å². The summed E-state index contributed by atoms with van der Waals surface area (Å²) in [5.74, 6) is 0. The van der Waals surface area contributed by atoms with E-state index >= 15 is 0 Å². The zero-order chi connectivity index (χ0) is 23.0. The molecule has 0 bridgehead atoms. The van der Waals surface area contributed by atoms with Crippen molar-refractivity contribution in [3.8, 4) is 11.1 Å². The van der Waals surface area contributed by atoms with Crippen molar-refractivity contribution in [3.63, 3.8) is 0 Å². The molecule has 0 radical (unpaired) electrons. The Kier molecular flexibility index (Phi) is 4.05. The van der Waals surface area contributed by atoms with E-state index < -0.39 is 0 Å². The maximum atomic E-state index is 3.84. The topological polar surface area (TPSA) is 15.8 Å². The molecule has 2 heteroatoms. The van der Waals surface area contributed by atoms with Crippen molar-refractivity contribution in [2.45, 2.75) is 26.2 Å². The van der Waals surface area contributed by atoms with Gasteiger partial charge in [-0.3, -0.25) is 0 Å². The normalized spacial score (nSPS) is 12.6. The number of hydrogen-bond donors (Lipinski definition) is 1. The third kappa shape index (κ3) is 2.72. The van der Waals surface area contributed by atoms with E-state index in [9.17, 15) is 0 Å². The van der Waals surface area contributed by atoms with Crippen LogP contribution in [0.25, 0.3) is 63.9 Å². The van der Waals surface area contributed by atoms with Crippen LogP contribution in [0.3, 0.4) is 0 Å². The number of fused-ring (bicyclic) bond motifs is 10. The number of aromatic nitrogens is 1. The highest BCUT2D eigenvalue weighted by Gasteiger charge is 2.21. The molecule has 7 aromatic rings. The molecule has 0 unspecified atom stereocenters. The Morgan fingerprint density at radius 1 is 0.618 bits per heavy atom. The average molecular weight is 456 g/mol. The lowest BCUT2D eigenvalue weighted by molar-refractivity contribution is 0.591. The molecule has 34 heavy (non-hydrogen) atoms. The maximum absolute atomic E-state index is 3.84. The summed E-state index contributed by atoms with van der Waals surface area (Å²) >= 11 is 1.92. The van der Waals surface area contributed by atoms with E-state index in [2.05, 4.69) is 117 Å². The van der Waals surface area contributed by atoms with Gasteiger partial charge in [0.15, 0.2) is 0 Å². The molecule has 0 fully saturated rings. The summed E-state index contributed by atoms with van der Waals surface area (Å²) in [7, 11) is 0. The van der Waals surface area contributed by atoms with Crippen molar-refractivity contribution in [1.82, 2.24) is 4.98 Å². The highest BCUT2D eigenvalue weighted by atomic mass is 32.1. The molecule has 7 rings (SSSR count). The zero-order valence-corrected chi connectivity index (χ0v) is 20.4. The first-order valence-electron chi connectivity index (χ1n) is 11.9. The van der Waals surface area contributed by atoms with Gasteiger partial charge in [0, 0.05) is 41.8 Å². The zero-order valence-electron chi connectivity index (χ0n) is 19.6. The van der Waals surface area contributed by atoms with Crippen LogP contribution in [0.4, 0.5) is 0 Å². The summed E-state index contributed by atoms with van der Waals surface area (Å²) in [6, 6.07) is 33.4. The lowest BCUT2D eigenvalue weighted by Crippen LogP contribution is -2.10. The molecule has 164 valence electrons. The van der Waals surface area contributed by atoms with Gasteiger partial charge in [-0.1, -0.05) is 99.6 Å². The van der Waals surface area contributed by atoms with Crippen molar-refractivity contribution in [2.24, 2.45) is 0 Å². The first-order valence-corrected chi connectivity index (χ1v) is 12.7. The van der Waals surface area contributed by atoms with Gasteiger partial charge in [0.2, 0.25) is 0 Å². The van der Waals surface area contributed by atoms with Gasteiger partial charge in [0.25, 0.3) is 0 Å². The maximum Gasteiger partial charge on any atom is 0.0565 e. The van der Waals surface area contributed by atoms with E-state index in [1.165, 1.54) is 69.4 Å². The van der Waals surface area contributed by atoms with Crippen LogP contribution in [0.5, 0.6) is 0 Å². The standard InChI is InChI=1S/C32H25NS/c1-32(2,3)20-16-17-26-25(18-20)27-22-12-7-8-13-23(22)31-28(29(27)33-26)24-15-9-14-21(30(24)34-31)19-10-5-4-6-11-19/h4-18,33H,1-3H3. The van der Waals surface area contributed by atoms with Crippen LogP contribution in [0.15, 0.2) is 91.0 Å². The van der Waals surface area contributed by atoms with Crippen molar-refractivity contribution >= 4 is 64.1 Å². The van der Waals surface area contributed by atoms with E-state index in [-0.39, 0.29) is 5.41 Å². The molecule has 0 atom stereocenters. The summed E-state index contributed by atoms with van der Waals surface area (Å²) < 4.78 is 2.72. The number of nitrogens with one attached hydrogen (secondary N) is 1. The lowest BCUT2D eigenvalue weighted by Gasteiger charge is -2.19. The molecule has 0 saturated heterocycles. The van der Waals surface area contributed by atoms with Crippen LogP contribution in [0.1, 0.15) is 26.3 Å². The minimum Gasteiger partial charge on any atom is -0.354 e. The van der Waals surface area contributed by atoms with E-state index in [0.717, 1.165) is 0 Å². The summed E-state index contributed by atoms with van der Waals surface area (Å²) in [6.45, 7) is 6.87. The smallest absolute Gasteiger partial charge is 0.0565 e. The Morgan fingerprint density at radius 3 is 2.15 bits per heavy atom. The molecule has 1 N–H and O–H groups in total.